The maximum atomic E-state index is 8.73. The number of rotatable bonds is 3. The van der Waals surface area contributed by atoms with Crippen molar-refractivity contribution in [1.29, 1.82) is 5.26 Å². The summed E-state index contributed by atoms with van der Waals surface area (Å²) in [6.45, 7) is 0. The highest BCUT2D eigenvalue weighted by Gasteiger charge is 2.07. The van der Waals surface area contributed by atoms with E-state index in [2.05, 4.69) is 22.4 Å². The summed E-state index contributed by atoms with van der Waals surface area (Å²) in [5.41, 5.74) is 3.83. The van der Waals surface area contributed by atoms with Gasteiger partial charge in [0.15, 0.2) is 11.4 Å². The van der Waals surface area contributed by atoms with Crippen LogP contribution in [0.3, 0.4) is 0 Å². The van der Waals surface area contributed by atoms with Gasteiger partial charge in [-0.25, -0.2) is 9.98 Å². The van der Waals surface area contributed by atoms with Crippen molar-refractivity contribution in [1.82, 2.24) is 10.3 Å². The van der Waals surface area contributed by atoms with Gasteiger partial charge in [-0.2, -0.15) is 5.26 Å². The summed E-state index contributed by atoms with van der Waals surface area (Å²) in [4.78, 5) is 9.16. The molecule has 118 valence electrons. The number of benzene rings is 2. The molecule has 0 aliphatic heterocycles. The van der Waals surface area contributed by atoms with Crippen LogP contribution in [-0.2, 0) is 0 Å². The Labute approximate surface area is 148 Å². The zero-order valence-corrected chi connectivity index (χ0v) is 14.6. The molecule has 3 rings (SSSR count). The third-order valence-electron chi connectivity index (χ3n) is 3.25. The summed E-state index contributed by atoms with van der Waals surface area (Å²) < 4.78 is 0. The number of nitriles is 1. The first-order valence-electron chi connectivity index (χ1n) is 7.19. The second-order valence-corrected chi connectivity index (χ2v) is 6.47. The third-order valence-corrected chi connectivity index (χ3v) is 4.73. The van der Waals surface area contributed by atoms with Crippen molar-refractivity contribution >= 4 is 34.0 Å². The SMILES string of the molecule is CSC(=Nc1cccc(-c2csc(-c3ccccc3)n2)c1)NC#N. The molecular weight excluding hydrogens is 336 g/mol. The van der Waals surface area contributed by atoms with Gasteiger partial charge in [0.2, 0.25) is 0 Å². The molecule has 24 heavy (non-hydrogen) atoms. The fourth-order valence-corrected chi connectivity index (χ4v) is 3.32. The molecule has 2 aromatic carbocycles. The van der Waals surface area contributed by atoms with E-state index in [1.54, 1.807) is 11.3 Å². The lowest BCUT2D eigenvalue weighted by atomic mass is 10.1. The van der Waals surface area contributed by atoms with Crippen molar-refractivity contribution in [3.8, 4) is 28.0 Å². The molecule has 0 aliphatic carbocycles. The van der Waals surface area contributed by atoms with Gasteiger partial charge < -0.3 is 0 Å². The highest BCUT2D eigenvalue weighted by molar-refractivity contribution is 8.13. The van der Waals surface area contributed by atoms with Gasteiger partial charge in [-0.3, -0.25) is 5.32 Å². The van der Waals surface area contributed by atoms with E-state index in [4.69, 9.17) is 10.2 Å². The average molecular weight is 350 g/mol. The molecule has 4 nitrogen and oxygen atoms in total. The fourth-order valence-electron chi connectivity index (χ4n) is 2.14. The van der Waals surface area contributed by atoms with Crippen LogP contribution in [0.25, 0.3) is 21.8 Å². The molecule has 0 fully saturated rings. The van der Waals surface area contributed by atoms with Crippen molar-refractivity contribution in [2.24, 2.45) is 4.99 Å². The zero-order chi connectivity index (χ0) is 16.8. The Hall–Kier alpha value is -2.62. The van der Waals surface area contributed by atoms with Crippen LogP contribution in [-0.4, -0.2) is 16.4 Å². The molecule has 0 bridgehead atoms. The molecule has 3 aromatic rings. The van der Waals surface area contributed by atoms with Crippen molar-refractivity contribution in [2.45, 2.75) is 0 Å². The summed E-state index contributed by atoms with van der Waals surface area (Å²) in [5.74, 6) is 0. The van der Waals surface area contributed by atoms with Gasteiger partial charge in [-0.15, -0.1) is 11.3 Å². The molecular formula is C18H14N4S2. The van der Waals surface area contributed by atoms with Crippen LogP contribution in [0.4, 0.5) is 5.69 Å². The highest BCUT2D eigenvalue weighted by atomic mass is 32.2. The predicted molar refractivity (Wildman–Crippen MR) is 102 cm³/mol. The lowest BCUT2D eigenvalue weighted by Gasteiger charge is -2.02. The summed E-state index contributed by atoms with van der Waals surface area (Å²) >= 11 is 3.02. The number of nitrogens with one attached hydrogen (secondary N) is 1. The second kappa shape index (κ2) is 7.77. The van der Waals surface area contributed by atoms with Gasteiger partial charge in [0.05, 0.1) is 11.4 Å². The number of hydrogen-bond acceptors (Lipinski definition) is 5. The number of amidine groups is 1. The van der Waals surface area contributed by atoms with Crippen LogP contribution >= 0.6 is 23.1 Å². The smallest absolute Gasteiger partial charge is 0.183 e. The van der Waals surface area contributed by atoms with Crippen LogP contribution in [0, 0.1) is 11.5 Å². The minimum absolute atomic E-state index is 0.568. The van der Waals surface area contributed by atoms with Crippen molar-refractivity contribution in [3.05, 3.63) is 60.0 Å². The highest BCUT2D eigenvalue weighted by Crippen LogP contribution is 2.30. The number of thioether (sulfide) groups is 1. The maximum Gasteiger partial charge on any atom is 0.183 e. The molecule has 0 aliphatic rings. The van der Waals surface area contributed by atoms with Gasteiger partial charge in [0.1, 0.15) is 5.01 Å². The minimum Gasteiger partial charge on any atom is -0.271 e. The number of nitrogens with zero attached hydrogens (tertiary/aromatic N) is 3. The Balaban J connectivity index is 1.90. The molecule has 1 aromatic heterocycles. The number of thiazole rings is 1. The lowest BCUT2D eigenvalue weighted by molar-refractivity contribution is 1.28. The monoisotopic (exact) mass is 350 g/mol. The first kappa shape index (κ1) is 16.2. The Morgan fingerprint density at radius 1 is 1.17 bits per heavy atom. The van der Waals surface area contributed by atoms with Gasteiger partial charge in [0.25, 0.3) is 0 Å². The number of aliphatic imine (C=N–C) groups is 1. The van der Waals surface area contributed by atoms with Crippen molar-refractivity contribution in [3.63, 3.8) is 0 Å². The van der Waals surface area contributed by atoms with Crippen molar-refractivity contribution in [2.75, 3.05) is 6.26 Å². The summed E-state index contributed by atoms with van der Waals surface area (Å²) in [6, 6.07) is 18.0. The van der Waals surface area contributed by atoms with Gasteiger partial charge in [0, 0.05) is 16.5 Å². The van der Waals surface area contributed by atoms with Gasteiger partial charge in [-0.1, -0.05) is 54.2 Å². The molecule has 0 unspecified atom stereocenters. The first-order valence-corrected chi connectivity index (χ1v) is 9.30. The molecule has 6 heteroatoms. The Bertz CT molecular complexity index is 895. The molecule has 0 amide bonds. The standard InChI is InChI=1S/C18H14N4S2/c1-23-18(20-12-19)21-15-9-5-8-14(10-15)16-11-24-17(22-16)13-6-3-2-4-7-13/h2-11H,1H3,(H,20,21). The molecule has 0 saturated carbocycles. The molecule has 1 N–H and O–H groups in total. The van der Waals surface area contributed by atoms with E-state index in [1.165, 1.54) is 11.8 Å². The molecule has 1 heterocycles. The van der Waals surface area contributed by atoms with E-state index >= 15 is 0 Å². The van der Waals surface area contributed by atoms with Crippen LogP contribution in [0.1, 0.15) is 0 Å². The second-order valence-electron chi connectivity index (χ2n) is 4.81. The average Bonchev–Trinajstić information content (AvgIpc) is 3.12. The number of hydrogen-bond donors (Lipinski definition) is 1. The predicted octanol–water partition coefficient (Wildman–Crippen LogP) is 4.90. The minimum atomic E-state index is 0.568. The Morgan fingerprint density at radius 2 is 1.96 bits per heavy atom. The van der Waals surface area contributed by atoms with E-state index in [0.717, 1.165) is 27.5 Å². The van der Waals surface area contributed by atoms with E-state index in [9.17, 15) is 0 Å². The normalized spacial score (nSPS) is 11.1. The van der Waals surface area contributed by atoms with Gasteiger partial charge in [-0.05, 0) is 18.4 Å². The van der Waals surface area contributed by atoms with E-state index in [1.807, 2.05) is 60.3 Å². The first-order chi connectivity index (χ1) is 11.8. The van der Waals surface area contributed by atoms with E-state index in [0.29, 0.717) is 5.17 Å². The van der Waals surface area contributed by atoms with Crippen LogP contribution in [0.5, 0.6) is 0 Å². The Morgan fingerprint density at radius 3 is 2.71 bits per heavy atom. The quantitative estimate of drug-likeness (QED) is 0.316. The topological polar surface area (TPSA) is 61.1 Å². The summed E-state index contributed by atoms with van der Waals surface area (Å²) in [6.07, 6.45) is 3.77. The maximum absolute atomic E-state index is 8.73. The lowest BCUT2D eigenvalue weighted by Crippen LogP contribution is -2.12. The van der Waals surface area contributed by atoms with Crippen molar-refractivity contribution < 1.29 is 0 Å². The largest absolute Gasteiger partial charge is 0.271 e. The molecule has 0 spiro atoms. The fraction of sp³-hybridized carbons (Fsp3) is 0.0556. The third kappa shape index (κ3) is 3.82. The van der Waals surface area contributed by atoms with Crippen LogP contribution in [0.15, 0.2) is 65.0 Å². The summed E-state index contributed by atoms with van der Waals surface area (Å²) in [7, 11) is 0. The number of aromatic nitrogens is 1. The molecule has 0 radical (unpaired) electrons. The Kier molecular flexibility index (Phi) is 5.26. The zero-order valence-electron chi connectivity index (χ0n) is 12.9. The van der Waals surface area contributed by atoms with Crippen LogP contribution < -0.4 is 5.32 Å². The molecule has 0 atom stereocenters. The summed E-state index contributed by atoms with van der Waals surface area (Å²) in [5, 5.41) is 14.9. The van der Waals surface area contributed by atoms with E-state index < -0.39 is 0 Å². The molecule has 0 saturated heterocycles. The van der Waals surface area contributed by atoms with Gasteiger partial charge >= 0.3 is 0 Å². The van der Waals surface area contributed by atoms with Crippen LogP contribution in [0.2, 0.25) is 0 Å². The van der Waals surface area contributed by atoms with E-state index in [-0.39, 0.29) is 0 Å².